The van der Waals surface area contributed by atoms with Crippen molar-refractivity contribution in [2.45, 2.75) is 6.54 Å². The van der Waals surface area contributed by atoms with Crippen molar-refractivity contribution in [3.63, 3.8) is 0 Å². The van der Waals surface area contributed by atoms with Gasteiger partial charge in [0.1, 0.15) is 7.85 Å². The first-order chi connectivity index (χ1) is 8.31. The van der Waals surface area contributed by atoms with Crippen LogP contribution in [0.5, 0.6) is 0 Å². The molecule has 0 bridgehead atoms. The second kappa shape index (κ2) is 4.09. The van der Waals surface area contributed by atoms with Crippen LogP contribution in [0.2, 0.25) is 0 Å². The van der Waals surface area contributed by atoms with E-state index in [1.54, 1.807) is 0 Å². The molecule has 0 aliphatic carbocycles. The highest BCUT2D eigenvalue weighted by Gasteiger charge is 2.01. The van der Waals surface area contributed by atoms with Gasteiger partial charge in [-0.05, 0) is 11.6 Å². The average Bonchev–Trinajstić information content (AvgIpc) is 2.71. The third-order valence-electron chi connectivity index (χ3n) is 2.90. The Labute approximate surface area is 101 Å². The second-order valence-corrected chi connectivity index (χ2v) is 4.37. The van der Waals surface area contributed by atoms with Gasteiger partial charge >= 0.3 is 0 Å². The molecule has 0 aliphatic heterocycles. The SMILES string of the molecule is Bc1ccc2cn(Cc3ccccc3)nc2c1. The van der Waals surface area contributed by atoms with Crippen molar-refractivity contribution < 1.29 is 0 Å². The Kier molecular flexibility index (Phi) is 2.44. The molecular weight excluding hydrogens is 207 g/mol. The summed E-state index contributed by atoms with van der Waals surface area (Å²) in [5, 5.41) is 5.79. The van der Waals surface area contributed by atoms with Gasteiger partial charge < -0.3 is 0 Å². The van der Waals surface area contributed by atoms with Gasteiger partial charge in [0.25, 0.3) is 0 Å². The zero-order valence-electron chi connectivity index (χ0n) is 9.80. The number of rotatable bonds is 2. The highest BCUT2D eigenvalue weighted by atomic mass is 15.3. The van der Waals surface area contributed by atoms with Crippen LogP contribution in [0.25, 0.3) is 10.9 Å². The molecule has 2 aromatic carbocycles. The maximum atomic E-state index is 4.59. The molecule has 0 unspecified atom stereocenters. The first-order valence-corrected chi connectivity index (χ1v) is 5.79. The van der Waals surface area contributed by atoms with E-state index >= 15 is 0 Å². The van der Waals surface area contributed by atoms with Gasteiger partial charge in [0, 0.05) is 11.6 Å². The van der Waals surface area contributed by atoms with Crippen LogP contribution >= 0.6 is 0 Å². The van der Waals surface area contributed by atoms with Crippen LogP contribution in [0, 0.1) is 0 Å². The number of nitrogens with zero attached hydrogens (tertiary/aromatic N) is 2. The largest absolute Gasteiger partial charge is 0.267 e. The third kappa shape index (κ3) is 2.09. The van der Waals surface area contributed by atoms with Gasteiger partial charge in [-0.1, -0.05) is 47.9 Å². The molecule has 82 valence electrons. The van der Waals surface area contributed by atoms with Crippen LogP contribution in [0.15, 0.2) is 54.7 Å². The van der Waals surface area contributed by atoms with Crippen molar-refractivity contribution in [3.05, 3.63) is 60.3 Å². The first-order valence-electron chi connectivity index (χ1n) is 5.79. The molecule has 0 radical (unpaired) electrons. The molecule has 1 heterocycles. The van der Waals surface area contributed by atoms with E-state index in [2.05, 4.69) is 61.6 Å². The summed E-state index contributed by atoms with van der Waals surface area (Å²) in [6, 6.07) is 16.8. The Hall–Kier alpha value is -2.03. The third-order valence-corrected chi connectivity index (χ3v) is 2.90. The molecule has 0 fully saturated rings. The molecule has 0 atom stereocenters. The monoisotopic (exact) mass is 220 g/mol. The fourth-order valence-electron chi connectivity index (χ4n) is 2.03. The lowest BCUT2D eigenvalue weighted by molar-refractivity contribution is 0.696. The Morgan fingerprint density at radius 1 is 1.06 bits per heavy atom. The molecule has 1 aromatic heterocycles. The van der Waals surface area contributed by atoms with Crippen molar-refractivity contribution in [2.24, 2.45) is 0 Å². The fraction of sp³-hybridized carbons (Fsp3) is 0.0714. The lowest BCUT2D eigenvalue weighted by atomic mass is 9.96. The molecular formula is C14H13BN2. The Bertz CT molecular complexity index is 644. The molecule has 3 rings (SSSR count). The Morgan fingerprint density at radius 3 is 2.71 bits per heavy atom. The molecule has 0 aliphatic rings. The van der Waals surface area contributed by atoms with Crippen molar-refractivity contribution in [1.29, 1.82) is 0 Å². The van der Waals surface area contributed by atoms with E-state index in [4.69, 9.17) is 0 Å². The minimum atomic E-state index is 0.828. The Balaban J connectivity index is 1.96. The molecule has 3 aromatic rings. The van der Waals surface area contributed by atoms with Crippen LogP contribution in [0.3, 0.4) is 0 Å². The van der Waals surface area contributed by atoms with Crippen molar-refractivity contribution in [2.75, 3.05) is 0 Å². The number of hydrogen-bond acceptors (Lipinski definition) is 1. The highest BCUT2D eigenvalue weighted by Crippen LogP contribution is 2.11. The van der Waals surface area contributed by atoms with Gasteiger partial charge in [-0.3, -0.25) is 4.68 Å². The van der Waals surface area contributed by atoms with Crippen molar-refractivity contribution in [1.82, 2.24) is 9.78 Å². The lowest BCUT2D eigenvalue weighted by Gasteiger charge is -2.00. The molecule has 0 amide bonds. The molecule has 0 saturated carbocycles. The van der Waals surface area contributed by atoms with Crippen LogP contribution < -0.4 is 5.46 Å². The number of fused-ring (bicyclic) bond motifs is 1. The molecule has 3 heteroatoms. The smallest absolute Gasteiger partial charge is 0.139 e. The summed E-state index contributed by atoms with van der Waals surface area (Å²) >= 11 is 0. The normalized spacial score (nSPS) is 10.8. The molecule has 0 spiro atoms. The number of aromatic nitrogens is 2. The van der Waals surface area contributed by atoms with E-state index in [0.29, 0.717) is 0 Å². The van der Waals surface area contributed by atoms with Crippen LogP contribution in [-0.4, -0.2) is 17.6 Å². The average molecular weight is 220 g/mol. The highest BCUT2D eigenvalue weighted by molar-refractivity contribution is 6.33. The van der Waals surface area contributed by atoms with E-state index in [1.165, 1.54) is 16.4 Å². The summed E-state index contributed by atoms with van der Waals surface area (Å²) in [7, 11) is 2.09. The summed E-state index contributed by atoms with van der Waals surface area (Å²) in [5.74, 6) is 0. The van der Waals surface area contributed by atoms with Gasteiger partial charge in [0.2, 0.25) is 0 Å². The minimum absolute atomic E-state index is 0.828. The zero-order chi connectivity index (χ0) is 11.7. The fourth-order valence-corrected chi connectivity index (χ4v) is 2.03. The molecule has 2 nitrogen and oxygen atoms in total. The second-order valence-electron chi connectivity index (χ2n) is 4.37. The van der Waals surface area contributed by atoms with Gasteiger partial charge in [0.05, 0.1) is 12.1 Å². The van der Waals surface area contributed by atoms with E-state index in [9.17, 15) is 0 Å². The van der Waals surface area contributed by atoms with Crippen LogP contribution in [0.4, 0.5) is 0 Å². The van der Waals surface area contributed by atoms with Crippen LogP contribution in [0.1, 0.15) is 5.56 Å². The van der Waals surface area contributed by atoms with E-state index in [-0.39, 0.29) is 0 Å². The topological polar surface area (TPSA) is 17.8 Å². The zero-order valence-corrected chi connectivity index (χ0v) is 9.80. The summed E-state index contributed by atoms with van der Waals surface area (Å²) in [4.78, 5) is 0. The summed E-state index contributed by atoms with van der Waals surface area (Å²) in [6.07, 6.45) is 2.10. The minimum Gasteiger partial charge on any atom is -0.267 e. The first kappa shape index (κ1) is 10.1. The quantitative estimate of drug-likeness (QED) is 0.596. The van der Waals surface area contributed by atoms with Crippen molar-refractivity contribution >= 4 is 24.2 Å². The van der Waals surface area contributed by atoms with Crippen molar-refractivity contribution in [3.8, 4) is 0 Å². The van der Waals surface area contributed by atoms with E-state index in [0.717, 1.165) is 12.1 Å². The van der Waals surface area contributed by atoms with Gasteiger partial charge in [0.15, 0.2) is 0 Å². The number of benzene rings is 2. The predicted molar refractivity (Wildman–Crippen MR) is 73.5 cm³/mol. The summed E-state index contributed by atoms with van der Waals surface area (Å²) in [5.41, 5.74) is 3.60. The maximum Gasteiger partial charge on any atom is 0.139 e. The van der Waals surface area contributed by atoms with E-state index < -0.39 is 0 Å². The standard InChI is InChI=1S/C14H13BN2/c15-13-7-6-12-10-17(16-14(12)8-13)9-11-4-2-1-3-5-11/h1-8,10H,9,15H2. The summed E-state index contributed by atoms with van der Waals surface area (Å²) < 4.78 is 2.00. The predicted octanol–water partition coefficient (Wildman–Crippen LogP) is 1.34. The molecule has 0 N–H and O–H groups in total. The van der Waals surface area contributed by atoms with Gasteiger partial charge in [-0.2, -0.15) is 5.10 Å². The van der Waals surface area contributed by atoms with Gasteiger partial charge in [-0.25, -0.2) is 0 Å². The lowest BCUT2D eigenvalue weighted by Crippen LogP contribution is -2.00. The van der Waals surface area contributed by atoms with Gasteiger partial charge in [-0.15, -0.1) is 0 Å². The maximum absolute atomic E-state index is 4.59. The van der Waals surface area contributed by atoms with Crippen LogP contribution in [-0.2, 0) is 6.54 Å². The summed E-state index contributed by atoms with van der Waals surface area (Å²) in [6.45, 7) is 0.828. The van der Waals surface area contributed by atoms with E-state index in [1.807, 2.05) is 10.7 Å². The number of hydrogen-bond donors (Lipinski definition) is 0. The Morgan fingerprint density at radius 2 is 1.88 bits per heavy atom. The molecule has 17 heavy (non-hydrogen) atoms. The molecule has 0 saturated heterocycles.